The predicted octanol–water partition coefficient (Wildman–Crippen LogP) is 3.87. The first-order chi connectivity index (χ1) is 9.01. The van der Waals surface area contributed by atoms with Crippen molar-refractivity contribution in [2.24, 2.45) is 0 Å². The molecule has 0 fully saturated rings. The van der Waals surface area contributed by atoms with Crippen LogP contribution in [0.1, 0.15) is 35.6 Å². The smallest absolute Gasteiger partial charge is 0.126 e. The van der Waals surface area contributed by atoms with Crippen molar-refractivity contribution in [2.75, 3.05) is 6.54 Å². The second-order valence-electron chi connectivity index (χ2n) is 4.56. The Morgan fingerprint density at radius 1 is 1.11 bits per heavy atom. The van der Waals surface area contributed by atoms with Crippen LogP contribution in [0.15, 0.2) is 28.7 Å². The minimum atomic E-state index is -0.573. The number of rotatable bonds is 4. The van der Waals surface area contributed by atoms with E-state index in [-0.39, 0.29) is 6.04 Å². The van der Waals surface area contributed by atoms with Crippen molar-refractivity contribution in [1.29, 1.82) is 0 Å². The zero-order valence-corrected chi connectivity index (χ0v) is 11.3. The Labute approximate surface area is 111 Å². The normalized spacial score (nSPS) is 12.7. The Hall–Kier alpha value is -1.68. The van der Waals surface area contributed by atoms with E-state index in [1.165, 1.54) is 12.1 Å². The van der Waals surface area contributed by atoms with E-state index in [0.29, 0.717) is 12.1 Å². The highest BCUT2D eigenvalue weighted by Gasteiger charge is 2.19. The molecule has 1 heterocycles. The van der Waals surface area contributed by atoms with Crippen molar-refractivity contribution in [3.05, 3.63) is 58.5 Å². The molecule has 1 N–H and O–H groups in total. The molecule has 1 unspecified atom stereocenters. The molecule has 102 valence electrons. The number of benzene rings is 1. The maximum Gasteiger partial charge on any atom is 0.126 e. The van der Waals surface area contributed by atoms with Crippen molar-refractivity contribution in [1.82, 2.24) is 5.32 Å². The van der Waals surface area contributed by atoms with Gasteiger partial charge in [-0.1, -0.05) is 6.92 Å². The molecule has 0 spiro atoms. The second-order valence-corrected chi connectivity index (χ2v) is 4.56. The Bertz CT molecular complexity index is 557. The Kier molecular flexibility index (Phi) is 4.00. The maximum atomic E-state index is 13.4. The van der Waals surface area contributed by atoms with Crippen LogP contribution in [0.25, 0.3) is 0 Å². The van der Waals surface area contributed by atoms with Crippen LogP contribution in [-0.4, -0.2) is 6.54 Å². The molecule has 1 atom stereocenters. The quantitative estimate of drug-likeness (QED) is 0.907. The summed E-state index contributed by atoms with van der Waals surface area (Å²) < 4.78 is 32.2. The molecule has 2 nitrogen and oxygen atoms in total. The lowest BCUT2D eigenvalue weighted by atomic mass is 9.98. The lowest BCUT2D eigenvalue weighted by molar-refractivity contribution is 0.494. The van der Waals surface area contributed by atoms with Gasteiger partial charge >= 0.3 is 0 Å². The van der Waals surface area contributed by atoms with Gasteiger partial charge in [-0.05, 0) is 44.2 Å². The largest absolute Gasteiger partial charge is 0.466 e. The third-order valence-electron chi connectivity index (χ3n) is 3.02. The van der Waals surface area contributed by atoms with Gasteiger partial charge in [0.25, 0.3) is 0 Å². The van der Waals surface area contributed by atoms with Gasteiger partial charge in [-0.2, -0.15) is 0 Å². The molecule has 1 aromatic heterocycles. The zero-order valence-electron chi connectivity index (χ0n) is 11.3. The van der Waals surface area contributed by atoms with Gasteiger partial charge in [-0.15, -0.1) is 0 Å². The van der Waals surface area contributed by atoms with Crippen LogP contribution in [0, 0.1) is 25.5 Å². The van der Waals surface area contributed by atoms with E-state index in [2.05, 4.69) is 5.32 Å². The number of hydrogen-bond acceptors (Lipinski definition) is 2. The molecule has 4 heteroatoms. The molecule has 1 aromatic carbocycles. The van der Waals surface area contributed by atoms with Gasteiger partial charge in [0.2, 0.25) is 0 Å². The van der Waals surface area contributed by atoms with Gasteiger partial charge in [0.15, 0.2) is 0 Å². The summed E-state index contributed by atoms with van der Waals surface area (Å²) in [6.07, 6.45) is 0. The first kappa shape index (κ1) is 13.7. The fraction of sp³-hybridized carbons (Fsp3) is 0.333. The van der Waals surface area contributed by atoms with Crippen LogP contribution >= 0.6 is 0 Å². The molecule has 0 radical (unpaired) electrons. The SMILES string of the molecule is CCNC(c1cc(F)cc(F)c1)c1cc(C)oc1C. The van der Waals surface area contributed by atoms with E-state index in [4.69, 9.17) is 4.42 Å². The van der Waals surface area contributed by atoms with Crippen molar-refractivity contribution in [2.45, 2.75) is 26.8 Å². The monoisotopic (exact) mass is 265 g/mol. The minimum Gasteiger partial charge on any atom is -0.466 e. The van der Waals surface area contributed by atoms with Crippen LogP contribution < -0.4 is 5.32 Å². The number of nitrogens with one attached hydrogen (secondary N) is 1. The molecule has 2 rings (SSSR count). The molecular weight excluding hydrogens is 248 g/mol. The summed E-state index contributed by atoms with van der Waals surface area (Å²) in [5.74, 6) is 0.395. The average Bonchev–Trinajstić information content (AvgIpc) is 2.64. The summed E-state index contributed by atoms with van der Waals surface area (Å²) in [7, 11) is 0. The third kappa shape index (κ3) is 3.01. The first-order valence-corrected chi connectivity index (χ1v) is 6.27. The molecule has 19 heavy (non-hydrogen) atoms. The summed E-state index contributed by atoms with van der Waals surface area (Å²) in [5.41, 5.74) is 1.47. The van der Waals surface area contributed by atoms with Gasteiger partial charge < -0.3 is 9.73 Å². The predicted molar refractivity (Wildman–Crippen MR) is 70.1 cm³/mol. The first-order valence-electron chi connectivity index (χ1n) is 6.27. The highest BCUT2D eigenvalue weighted by Crippen LogP contribution is 2.28. The van der Waals surface area contributed by atoms with E-state index in [1.54, 1.807) is 0 Å². The van der Waals surface area contributed by atoms with E-state index in [1.807, 2.05) is 26.8 Å². The fourth-order valence-electron chi connectivity index (χ4n) is 2.29. The minimum absolute atomic E-state index is 0.271. The molecule has 0 bridgehead atoms. The number of aryl methyl sites for hydroxylation is 2. The van der Waals surface area contributed by atoms with E-state index >= 15 is 0 Å². The lowest BCUT2D eigenvalue weighted by Crippen LogP contribution is -2.22. The van der Waals surface area contributed by atoms with Crippen molar-refractivity contribution in [3.8, 4) is 0 Å². The van der Waals surface area contributed by atoms with E-state index < -0.39 is 11.6 Å². The molecule has 0 amide bonds. The van der Waals surface area contributed by atoms with Crippen molar-refractivity contribution < 1.29 is 13.2 Å². The Morgan fingerprint density at radius 2 is 1.74 bits per heavy atom. The van der Waals surface area contributed by atoms with Gasteiger partial charge in [-0.25, -0.2) is 8.78 Å². The Morgan fingerprint density at radius 3 is 2.21 bits per heavy atom. The van der Waals surface area contributed by atoms with Crippen molar-refractivity contribution >= 4 is 0 Å². The van der Waals surface area contributed by atoms with Crippen LogP contribution in [-0.2, 0) is 0 Å². The van der Waals surface area contributed by atoms with Gasteiger partial charge in [0.1, 0.15) is 23.2 Å². The molecular formula is C15H17F2NO. The summed E-state index contributed by atoms with van der Waals surface area (Å²) in [4.78, 5) is 0. The molecule has 0 aliphatic heterocycles. The van der Waals surface area contributed by atoms with Gasteiger partial charge in [-0.3, -0.25) is 0 Å². The van der Waals surface area contributed by atoms with E-state index in [9.17, 15) is 8.78 Å². The number of hydrogen-bond donors (Lipinski definition) is 1. The van der Waals surface area contributed by atoms with E-state index in [0.717, 1.165) is 23.2 Å². The standard InChI is InChI=1S/C15H17F2NO/c1-4-18-15(14-5-9(2)19-10(14)3)11-6-12(16)8-13(17)7-11/h5-8,15,18H,4H2,1-3H3. The van der Waals surface area contributed by atoms with Gasteiger partial charge in [0.05, 0.1) is 6.04 Å². The third-order valence-corrected chi connectivity index (χ3v) is 3.02. The summed E-state index contributed by atoms with van der Waals surface area (Å²) in [6, 6.07) is 5.19. The average molecular weight is 265 g/mol. The summed E-state index contributed by atoms with van der Waals surface area (Å²) in [6.45, 7) is 6.34. The second kappa shape index (κ2) is 5.53. The zero-order chi connectivity index (χ0) is 14.0. The molecule has 0 aliphatic rings. The van der Waals surface area contributed by atoms with Crippen LogP contribution in [0.5, 0.6) is 0 Å². The Balaban J connectivity index is 2.47. The van der Waals surface area contributed by atoms with Crippen molar-refractivity contribution in [3.63, 3.8) is 0 Å². The van der Waals surface area contributed by atoms with Gasteiger partial charge in [0, 0.05) is 11.6 Å². The highest BCUT2D eigenvalue weighted by molar-refractivity contribution is 5.35. The number of furan rings is 1. The summed E-state index contributed by atoms with van der Waals surface area (Å²) >= 11 is 0. The highest BCUT2D eigenvalue weighted by atomic mass is 19.1. The lowest BCUT2D eigenvalue weighted by Gasteiger charge is -2.18. The molecule has 0 saturated carbocycles. The van der Waals surface area contributed by atoms with Crippen LogP contribution in [0.2, 0.25) is 0 Å². The maximum absolute atomic E-state index is 13.4. The number of halogens is 2. The summed E-state index contributed by atoms with van der Waals surface area (Å²) in [5, 5.41) is 3.23. The molecule has 2 aromatic rings. The molecule has 0 aliphatic carbocycles. The topological polar surface area (TPSA) is 25.2 Å². The molecule has 0 saturated heterocycles. The fourth-order valence-corrected chi connectivity index (χ4v) is 2.29. The van der Waals surface area contributed by atoms with Crippen LogP contribution in [0.3, 0.4) is 0 Å². The van der Waals surface area contributed by atoms with Crippen LogP contribution in [0.4, 0.5) is 8.78 Å².